The van der Waals surface area contributed by atoms with Crippen molar-refractivity contribution in [2.75, 3.05) is 6.54 Å². The van der Waals surface area contributed by atoms with Crippen molar-refractivity contribution < 1.29 is 0 Å². The van der Waals surface area contributed by atoms with Crippen LogP contribution in [0.1, 0.15) is 26.7 Å². The first-order valence-electron chi connectivity index (χ1n) is 4.52. The van der Waals surface area contributed by atoms with E-state index in [2.05, 4.69) is 32.3 Å². The molecule has 0 atom stereocenters. The Hall–Kier alpha value is -0.980. The molecule has 0 aliphatic heterocycles. The topological polar surface area (TPSA) is 12.0 Å². The Morgan fingerprint density at radius 1 is 1.25 bits per heavy atom. The maximum absolute atomic E-state index is 3.76. The van der Waals surface area contributed by atoms with Gasteiger partial charge < -0.3 is 5.32 Å². The summed E-state index contributed by atoms with van der Waals surface area (Å²) >= 11 is 0. The number of rotatable bonds is 6. The van der Waals surface area contributed by atoms with Crippen LogP contribution in [0.3, 0.4) is 0 Å². The van der Waals surface area contributed by atoms with E-state index in [1.807, 2.05) is 12.2 Å². The molecular formula is C11H19N. The normalized spacial score (nSPS) is 11.8. The van der Waals surface area contributed by atoms with Crippen LogP contribution in [-0.4, -0.2) is 6.54 Å². The van der Waals surface area contributed by atoms with E-state index in [0.29, 0.717) is 0 Å². The lowest BCUT2D eigenvalue weighted by Gasteiger charge is -2.09. The fourth-order valence-corrected chi connectivity index (χ4v) is 1.02. The summed E-state index contributed by atoms with van der Waals surface area (Å²) in [4.78, 5) is 0. The first kappa shape index (κ1) is 11.0. The van der Waals surface area contributed by atoms with E-state index in [-0.39, 0.29) is 0 Å². The largest absolute Gasteiger partial charge is 0.385 e. The molecule has 0 saturated carbocycles. The molecule has 68 valence electrons. The molecule has 0 aromatic rings. The van der Waals surface area contributed by atoms with Crippen molar-refractivity contribution in [3.8, 4) is 0 Å². The standard InChI is InChI=1S/C11H19N/c1-5-9-12-11(8-4)10(6-2)7-3/h6,8,12H,2,4-5,7,9H2,1,3H3/b11-10-. The van der Waals surface area contributed by atoms with Crippen LogP contribution in [0.2, 0.25) is 0 Å². The molecule has 12 heavy (non-hydrogen) atoms. The highest BCUT2D eigenvalue weighted by Gasteiger charge is 1.95. The van der Waals surface area contributed by atoms with E-state index in [4.69, 9.17) is 0 Å². The van der Waals surface area contributed by atoms with Gasteiger partial charge in [-0.05, 0) is 24.5 Å². The predicted octanol–water partition coefficient (Wildman–Crippen LogP) is 3.02. The molecule has 1 nitrogen and oxygen atoms in total. The lowest BCUT2D eigenvalue weighted by molar-refractivity contribution is 0.775. The summed E-state index contributed by atoms with van der Waals surface area (Å²) < 4.78 is 0. The van der Waals surface area contributed by atoms with Gasteiger partial charge in [-0.1, -0.05) is 33.1 Å². The van der Waals surface area contributed by atoms with Crippen molar-refractivity contribution in [1.29, 1.82) is 0 Å². The zero-order chi connectivity index (χ0) is 9.40. The van der Waals surface area contributed by atoms with Gasteiger partial charge in [-0.3, -0.25) is 0 Å². The third-order valence-corrected chi connectivity index (χ3v) is 1.74. The fraction of sp³-hybridized carbons (Fsp3) is 0.455. The van der Waals surface area contributed by atoms with E-state index in [1.165, 1.54) is 5.57 Å². The molecule has 0 aliphatic rings. The molecular weight excluding hydrogens is 146 g/mol. The van der Waals surface area contributed by atoms with Gasteiger partial charge in [0.25, 0.3) is 0 Å². The minimum Gasteiger partial charge on any atom is -0.385 e. The monoisotopic (exact) mass is 165 g/mol. The van der Waals surface area contributed by atoms with Gasteiger partial charge in [0.2, 0.25) is 0 Å². The Balaban J connectivity index is 4.34. The van der Waals surface area contributed by atoms with E-state index >= 15 is 0 Å². The summed E-state index contributed by atoms with van der Waals surface area (Å²) in [7, 11) is 0. The Morgan fingerprint density at radius 2 is 1.92 bits per heavy atom. The number of allylic oxidation sites excluding steroid dienone is 3. The molecule has 0 radical (unpaired) electrons. The van der Waals surface area contributed by atoms with Crippen LogP contribution in [0.25, 0.3) is 0 Å². The highest BCUT2D eigenvalue weighted by Crippen LogP contribution is 2.07. The van der Waals surface area contributed by atoms with E-state index in [1.54, 1.807) is 0 Å². The van der Waals surface area contributed by atoms with Crippen molar-refractivity contribution in [2.24, 2.45) is 0 Å². The maximum atomic E-state index is 3.76. The quantitative estimate of drug-likeness (QED) is 0.596. The maximum Gasteiger partial charge on any atom is 0.0366 e. The average molecular weight is 165 g/mol. The Labute approximate surface area is 75.9 Å². The van der Waals surface area contributed by atoms with Gasteiger partial charge in [-0.25, -0.2) is 0 Å². The Morgan fingerprint density at radius 3 is 2.25 bits per heavy atom. The second-order valence-corrected chi connectivity index (χ2v) is 2.63. The highest BCUT2D eigenvalue weighted by molar-refractivity contribution is 5.29. The van der Waals surface area contributed by atoms with Gasteiger partial charge in [0, 0.05) is 12.2 Å². The molecule has 0 heterocycles. The Bertz CT molecular complexity index is 177. The number of hydrogen-bond acceptors (Lipinski definition) is 1. The molecule has 0 bridgehead atoms. The van der Waals surface area contributed by atoms with E-state index in [9.17, 15) is 0 Å². The average Bonchev–Trinajstić information content (AvgIpc) is 2.12. The van der Waals surface area contributed by atoms with Crippen LogP contribution in [0, 0.1) is 0 Å². The summed E-state index contributed by atoms with van der Waals surface area (Å²) in [6.45, 7) is 12.8. The van der Waals surface area contributed by atoms with Gasteiger partial charge in [-0.15, -0.1) is 0 Å². The van der Waals surface area contributed by atoms with Gasteiger partial charge in [-0.2, -0.15) is 0 Å². The molecule has 0 amide bonds. The SMILES string of the molecule is C=C/C(CC)=C(\C=C)NCCC. The van der Waals surface area contributed by atoms with E-state index in [0.717, 1.165) is 25.1 Å². The summed E-state index contributed by atoms with van der Waals surface area (Å²) in [5, 5.41) is 3.31. The third kappa shape index (κ3) is 3.42. The zero-order valence-electron chi connectivity index (χ0n) is 8.19. The lowest BCUT2D eigenvalue weighted by Crippen LogP contribution is -2.14. The van der Waals surface area contributed by atoms with Crippen LogP contribution in [-0.2, 0) is 0 Å². The van der Waals surface area contributed by atoms with Crippen molar-refractivity contribution in [2.45, 2.75) is 26.7 Å². The smallest absolute Gasteiger partial charge is 0.0366 e. The van der Waals surface area contributed by atoms with Crippen LogP contribution in [0.5, 0.6) is 0 Å². The van der Waals surface area contributed by atoms with Gasteiger partial charge in [0.15, 0.2) is 0 Å². The zero-order valence-corrected chi connectivity index (χ0v) is 8.19. The second-order valence-electron chi connectivity index (χ2n) is 2.63. The minimum absolute atomic E-state index is 0.999. The molecule has 0 aromatic carbocycles. The van der Waals surface area contributed by atoms with Crippen molar-refractivity contribution in [3.63, 3.8) is 0 Å². The van der Waals surface area contributed by atoms with E-state index < -0.39 is 0 Å². The molecule has 0 saturated heterocycles. The van der Waals surface area contributed by atoms with Crippen LogP contribution in [0.4, 0.5) is 0 Å². The Kier molecular flexibility index (Phi) is 6.16. The van der Waals surface area contributed by atoms with Gasteiger partial charge in [0.1, 0.15) is 0 Å². The van der Waals surface area contributed by atoms with Crippen LogP contribution < -0.4 is 5.32 Å². The summed E-state index contributed by atoms with van der Waals surface area (Å²) in [5.74, 6) is 0. The molecule has 0 spiro atoms. The molecule has 0 fully saturated rings. The summed E-state index contributed by atoms with van der Waals surface area (Å²) in [6.07, 6.45) is 5.88. The fourth-order valence-electron chi connectivity index (χ4n) is 1.02. The third-order valence-electron chi connectivity index (χ3n) is 1.74. The van der Waals surface area contributed by atoms with Crippen molar-refractivity contribution >= 4 is 0 Å². The first-order chi connectivity index (χ1) is 5.79. The number of nitrogens with one attached hydrogen (secondary N) is 1. The predicted molar refractivity (Wildman–Crippen MR) is 56.0 cm³/mol. The molecule has 0 aromatic heterocycles. The molecule has 0 aliphatic carbocycles. The summed E-state index contributed by atoms with van der Waals surface area (Å²) in [6, 6.07) is 0. The van der Waals surface area contributed by atoms with Crippen molar-refractivity contribution in [1.82, 2.24) is 5.32 Å². The van der Waals surface area contributed by atoms with Crippen LogP contribution >= 0.6 is 0 Å². The highest BCUT2D eigenvalue weighted by atomic mass is 14.9. The van der Waals surface area contributed by atoms with Gasteiger partial charge >= 0.3 is 0 Å². The second kappa shape index (κ2) is 6.71. The lowest BCUT2D eigenvalue weighted by atomic mass is 10.1. The molecule has 1 heteroatoms. The first-order valence-corrected chi connectivity index (χ1v) is 4.52. The molecule has 0 unspecified atom stereocenters. The van der Waals surface area contributed by atoms with Gasteiger partial charge in [0.05, 0.1) is 0 Å². The molecule has 1 N–H and O–H groups in total. The minimum atomic E-state index is 0.999. The summed E-state index contributed by atoms with van der Waals surface area (Å²) in [5.41, 5.74) is 2.35. The van der Waals surface area contributed by atoms with Crippen molar-refractivity contribution in [3.05, 3.63) is 36.6 Å². The molecule has 0 rings (SSSR count). The number of hydrogen-bond donors (Lipinski definition) is 1. The van der Waals surface area contributed by atoms with Crippen LogP contribution in [0.15, 0.2) is 36.6 Å².